The molecule has 0 radical (unpaired) electrons. The van der Waals surface area contributed by atoms with Crippen molar-refractivity contribution in [1.29, 1.82) is 0 Å². The Hall–Kier alpha value is -0.520. The van der Waals surface area contributed by atoms with Gasteiger partial charge in [-0.1, -0.05) is 32.1 Å². The van der Waals surface area contributed by atoms with E-state index < -0.39 is 0 Å². The minimum atomic E-state index is 0.694. The van der Waals surface area contributed by atoms with Crippen molar-refractivity contribution in [2.24, 2.45) is 5.92 Å². The van der Waals surface area contributed by atoms with Crippen LogP contribution in [0.15, 0.2) is 24.8 Å². The van der Waals surface area contributed by atoms with Gasteiger partial charge >= 0.3 is 0 Å². The molecular weight excluding hydrogens is 132 g/mol. The van der Waals surface area contributed by atoms with Crippen molar-refractivity contribution in [2.45, 2.75) is 39.5 Å². The Morgan fingerprint density at radius 1 is 1.55 bits per heavy atom. The topological polar surface area (TPSA) is 0 Å². The summed E-state index contributed by atoms with van der Waals surface area (Å²) in [6.07, 6.45) is 6.76. The SMILES string of the molecule is C=CCCCC(C)C(=C)CC. The molecule has 1 unspecified atom stereocenters. The van der Waals surface area contributed by atoms with E-state index in [1.807, 2.05) is 6.08 Å². The second kappa shape index (κ2) is 6.21. The van der Waals surface area contributed by atoms with Gasteiger partial charge in [0, 0.05) is 0 Å². The summed E-state index contributed by atoms with van der Waals surface area (Å²) >= 11 is 0. The van der Waals surface area contributed by atoms with E-state index >= 15 is 0 Å². The van der Waals surface area contributed by atoms with Crippen LogP contribution in [0, 0.1) is 5.92 Å². The number of hydrogen-bond acceptors (Lipinski definition) is 0. The Balaban J connectivity index is 3.43. The molecule has 0 aromatic carbocycles. The van der Waals surface area contributed by atoms with E-state index in [4.69, 9.17) is 0 Å². The molecule has 0 aliphatic carbocycles. The van der Waals surface area contributed by atoms with Crippen molar-refractivity contribution in [1.82, 2.24) is 0 Å². The highest BCUT2D eigenvalue weighted by atomic mass is 14.1. The first-order valence-electron chi connectivity index (χ1n) is 4.50. The highest BCUT2D eigenvalue weighted by Gasteiger charge is 2.02. The van der Waals surface area contributed by atoms with Gasteiger partial charge in [-0.25, -0.2) is 0 Å². The summed E-state index contributed by atoms with van der Waals surface area (Å²) in [5.41, 5.74) is 1.38. The molecule has 64 valence electrons. The third kappa shape index (κ3) is 4.83. The molecule has 1 atom stereocenters. The Kier molecular flexibility index (Phi) is 5.91. The standard InChI is InChI=1S/C11H20/c1-5-7-8-9-11(4)10(3)6-2/h5,11H,1,3,6-9H2,2,4H3. The lowest BCUT2D eigenvalue weighted by molar-refractivity contribution is 0.571. The minimum absolute atomic E-state index is 0.694. The van der Waals surface area contributed by atoms with Crippen LogP contribution in [-0.4, -0.2) is 0 Å². The van der Waals surface area contributed by atoms with Crippen molar-refractivity contribution in [3.63, 3.8) is 0 Å². The average Bonchev–Trinajstić information content (AvgIpc) is 2.03. The molecule has 0 spiro atoms. The first kappa shape index (κ1) is 10.5. The second-order valence-corrected chi connectivity index (χ2v) is 3.13. The van der Waals surface area contributed by atoms with Crippen molar-refractivity contribution < 1.29 is 0 Å². The van der Waals surface area contributed by atoms with Crippen molar-refractivity contribution >= 4 is 0 Å². The van der Waals surface area contributed by atoms with Crippen LogP contribution in [-0.2, 0) is 0 Å². The molecule has 0 rings (SSSR count). The lowest BCUT2D eigenvalue weighted by Gasteiger charge is -2.11. The highest BCUT2D eigenvalue weighted by Crippen LogP contribution is 2.18. The summed E-state index contributed by atoms with van der Waals surface area (Å²) in [5.74, 6) is 0.694. The maximum atomic E-state index is 4.03. The van der Waals surface area contributed by atoms with Crippen LogP contribution in [0.2, 0.25) is 0 Å². The maximum absolute atomic E-state index is 4.03. The molecule has 0 saturated carbocycles. The lowest BCUT2D eigenvalue weighted by atomic mass is 9.95. The summed E-state index contributed by atoms with van der Waals surface area (Å²) in [7, 11) is 0. The van der Waals surface area contributed by atoms with E-state index in [1.165, 1.54) is 18.4 Å². The van der Waals surface area contributed by atoms with Crippen molar-refractivity contribution in [2.75, 3.05) is 0 Å². The van der Waals surface area contributed by atoms with E-state index in [9.17, 15) is 0 Å². The predicted molar refractivity (Wildman–Crippen MR) is 52.6 cm³/mol. The van der Waals surface area contributed by atoms with Crippen molar-refractivity contribution in [3.05, 3.63) is 24.8 Å². The van der Waals surface area contributed by atoms with Gasteiger partial charge in [-0.2, -0.15) is 0 Å². The molecule has 0 aromatic rings. The molecule has 0 N–H and O–H groups in total. The van der Waals surface area contributed by atoms with Gasteiger partial charge in [0.2, 0.25) is 0 Å². The summed E-state index contributed by atoms with van der Waals surface area (Å²) in [6.45, 7) is 12.2. The second-order valence-electron chi connectivity index (χ2n) is 3.13. The molecule has 0 fully saturated rings. The summed E-state index contributed by atoms with van der Waals surface area (Å²) in [6, 6.07) is 0. The van der Waals surface area contributed by atoms with Crippen LogP contribution in [0.4, 0.5) is 0 Å². The fourth-order valence-electron chi connectivity index (χ4n) is 1.12. The smallest absolute Gasteiger partial charge is 0.0234 e. The fraction of sp³-hybridized carbons (Fsp3) is 0.636. The maximum Gasteiger partial charge on any atom is -0.0234 e. The quantitative estimate of drug-likeness (QED) is 0.399. The molecule has 0 aliphatic rings. The monoisotopic (exact) mass is 152 g/mol. The van der Waals surface area contributed by atoms with Gasteiger partial charge in [0.25, 0.3) is 0 Å². The number of rotatable bonds is 6. The van der Waals surface area contributed by atoms with Gasteiger partial charge in [-0.15, -0.1) is 6.58 Å². The van der Waals surface area contributed by atoms with Crippen LogP contribution in [0.5, 0.6) is 0 Å². The zero-order valence-corrected chi connectivity index (χ0v) is 7.90. The molecule has 0 amide bonds. The van der Waals surface area contributed by atoms with E-state index in [2.05, 4.69) is 27.0 Å². The van der Waals surface area contributed by atoms with Crippen LogP contribution in [0.3, 0.4) is 0 Å². The Bertz CT molecular complexity index is 122. The van der Waals surface area contributed by atoms with Crippen LogP contribution >= 0.6 is 0 Å². The molecule has 0 aromatic heterocycles. The van der Waals surface area contributed by atoms with E-state index in [0.717, 1.165) is 12.8 Å². The Labute approximate surface area is 71.0 Å². The first-order valence-corrected chi connectivity index (χ1v) is 4.50. The number of unbranched alkanes of at least 4 members (excludes halogenated alkanes) is 1. The van der Waals surface area contributed by atoms with Gasteiger partial charge in [0.05, 0.1) is 0 Å². The largest absolute Gasteiger partial charge is 0.103 e. The van der Waals surface area contributed by atoms with Gasteiger partial charge in [-0.3, -0.25) is 0 Å². The molecule has 0 saturated heterocycles. The van der Waals surface area contributed by atoms with Crippen LogP contribution < -0.4 is 0 Å². The molecule has 0 aliphatic heterocycles. The summed E-state index contributed by atoms with van der Waals surface area (Å²) in [4.78, 5) is 0. The summed E-state index contributed by atoms with van der Waals surface area (Å²) < 4.78 is 0. The third-order valence-electron chi connectivity index (χ3n) is 2.20. The zero-order valence-electron chi connectivity index (χ0n) is 7.90. The fourth-order valence-corrected chi connectivity index (χ4v) is 1.12. The van der Waals surface area contributed by atoms with E-state index in [0.29, 0.717) is 5.92 Å². The van der Waals surface area contributed by atoms with Crippen molar-refractivity contribution in [3.8, 4) is 0 Å². The average molecular weight is 152 g/mol. The molecule has 11 heavy (non-hydrogen) atoms. The Morgan fingerprint density at radius 3 is 2.64 bits per heavy atom. The van der Waals surface area contributed by atoms with Gasteiger partial charge in [0.15, 0.2) is 0 Å². The Morgan fingerprint density at radius 2 is 2.18 bits per heavy atom. The highest BCUT2D eigenvalue weighted by molar-refractivity contribution is 4.97. The predicted octanol–water partition coefficient (Wildman–Crippen LogP) is 3.95. The molecular formula is C11H20. The molecule has 0 heteroatoms. The zero-order chi connectivity index (χ0) is 8.69. The van der Waals surface area contributed by atoms with Gasteiger partial charge in [0.1, 0.15) is 0 Å². The van der Waals surface area contributed by atoms with Gasteiger partial charge in [-0.05, 0) is 31.6 Å². The number of hydrogen-bond donors (Lipinski definition) is 0. The first-order chi connectivity index (χ1) is 5.22. The molecule has 0 bridgehead atoms. The minimum Gasteiger partial charge on any atom is -0.103 e. The lowest BCUT2D eigenvalue weighted by Crippen LogP contribution is -1.96. The van der Waals surface area contributed by atoms with Crippen LogP contribution in [0.1, 0.15) is 39.5 Å². The summed E-state index contributed by atoms with van der Waals surface area (Å²) in [5, 5.41) is 0. The van der Waals surface area contributed by atoms with E-state index in [-0.39, 0.29) is 0 Å². The van der Waals surface area contributed by atoms with Gasteiger partial charge < -0.3 is 0 Å². The molecule has 0 nitrogen and oxygen atoms in total. The molecule has 0 heterocycles. The third-order valence-corrected chi connectivity index (χ3v) is 2.20. The normalized spacial score (nSPS) is 12.5. The van der Waals surface area contributed by atoms with Crippen LogP contribution in [0.25, 0.3) is 0 Å². The van der Waals surface area contributed by atoms with E-state index in [1.54, 1.807) is 0 Å². The number of allylic oxidation sites excluding steroid dienone is 2.